The Labute approximate surface area is 195 Å². The first-order chi connectivity index (χ1) is 16.1. The molecule has 0 spiro atoms. The molecule has 0 fully saturated rings. The lowest BCUT2D eigenvalue weighted by Crippen LogP contribution is -2.46. The van der Waals surface area contributed by atoms with Gasteiger partial charge in [0.2, 0.25) is 11.8 Å². The van der Waals surface area contributed by atoms with E-state index < -0.39 is 6.04 Å². The molecule has 0 bridgehead atoms. The van der Waals surface area contributed by atoms with E-state index in [9.17, 15) is 9.59 Å². The van der Waals surface area contributed by atoms with Crippen molar-refractivity contribution in [3.63, 3.8) is 0 Å². The average molecular weight is 445 g/mol. The fourth-order valence-electron chi connectivity index (χ4n) is 3.74. The van der Waals surface area contributed by atoms with Gasteiger partial charge >= 0.3 is 0 Å². The number of benzene rings is 1. The number of nitrogens with one attached hydrogen (secondary N) is 2. The molecule has 0 radical (unpaired) electrons. The molecule has 0 aliphatic carbocycles. The molecule has 33 heavy (non-hydrogen) atoms. The maximum absolute atomic E-state index is 12.5. The van der Waals surface area contributed by atoms with Crippen LogP contribution in [-0.4, -0.2) is 34.4 Å². The van der Waals surface area contributed by atoms with Crippen LogP contribution < -0.4 is 10.6 Å². The number of aromatic nitrogens is 2. The molecule has 3 aromatic rings. The number of hydrogen-bond acceptors (Lipinski definition) is 4. The molecule has 0 aliphatic rings. The van der Waals surface area contributed by atoms with Gasteiger partial charge in [0, 0.05) is 37.0 Å². The highest BCUT2D eigenvalue weighted by molar-refractivity contribution is 5.86. The third kappa shape index (κ3) is 7.52. The molecular formula is C27H32N4O2. The van der Waals surface area contributed by atoms with Crippen LogP contribution in [0.5, 0.6) is 0 Å². The zero-order valence-corrected chi connectivity index (χ0v) is 19.4. The SMILES string of the molecule is CCCCNC(=O)[C@H](CCCc1cc(-c2ccccn2)cc(-c2ccccn2)c1)NC(C)=O. The number of pyridine rings is 2. The molecule has 6 heteroatoms. The first-order valence-electron chi connectivity index (χ1n) is 11.6. The van der Waals surface area contributed by atoms with E-state index in [1.807, 2.05) is 36.4 Å². The van der Waals surface area contributed by atoms with Crippen LogP contribution >= 0.6 is 0 Å². The summed E-state index contributed by atoms with van der Waals surface area (Å²) in [6.07, 6.45) is 7.63. The van der Waals surface area contributed by atoms with E-state index in [2.05, 4.69) is 45.7 Å². The van der Waals surface area contributed by atoms with Crippen molar-refractivity contribution in [3.8, 4) is 22.5 Å². The van der Waals surface area contributed by atoms with Crippen molar-refractivity contribution in [1.82, 2.24) is 20.6 Å². The summed E-state index contributed by atoms with van der Waals surface area (Å²) in [5.41, 5.74) is 5.02. The zero-order valence-electron chi connectivity index (χ0n) is 19.4. The summed E-state index contributed by atoms with van der Waals surface area (Å²) in [5.74, 6) is -0.310. The van der Waals surface area contributed by atoms with Gasteiger partial charge in [-0.2, -0.15) is 0 Å². The predicted molar refractivity (Wildman–Crippen MR) is 131 cm³/mol. The highest BCUT2D eigenvalue weighted by Gasteiger charge is 2.18. The number of aryl methyl sites for hydroxylation is 1. The Bertz CT molecular complexity index is 981. The van der Waals surface area contributed by atoms with E-state index in [0.29, 0.717) is 13.0 Å². The van der Waals surface area contributed by atoms with Crippen molar-refractivity contribution >= 4 is 11.8 Å². The number of hydrogen-bond donors (Lipinski definition) is 2. The molecule has 2 amide bonds. The summed E-state index contributed by atoms with van der Waals surface area (Å²) in [5, 5.41) is 5.73. The monoisotopic (exact) mass is 444 g/mol. The van der Waals surface area contributed by atoms with Gasteiger partial charge in [0.05, 0.1) is 11.4 Å². The lowest BCUT2D eigenvalue weighted by Gasteiger charge is -2.18. The quantitative estimate of drug-likeness (QED) is 0.425. The molecule has 172 valence electrons. The molecule has 1 atom stereocenters. The molecule has 3 rings (SSSR count). The minimum atomic E-state index is -0.520. The third-order valence-electron chi connectivity index (χ3n) is 5.40. The molecule has 0 unspecified atom stereocenters. The Balaban J connectivity index is 1.76. The number of unbranched alkanes of at least 4 members (excludes halogenated alkanes) is 1. The smallest absolute Gasteiger partial charge is 0.242 e. The molecule has 0 saturated heterocycles. The summed E-state index contributed by atoms with van der Waals surface area (Å²) >= 11 is 0. The van der Waals surface area contributed by atoms with E-state index in [1.54, 1.807) is 12.4 Å². The van der Waals surface area contributed by atoms with E-state index >= 15 is 0 Å². The molecule has 2 heterocycles. The van der Waals surface area contributed by atoms with Crippen LogP contribution in [0.3, 0.4) is 0 Å². The minimum absolute atomic E-state index is 0.116. The van der Waals surface area contributed by atoms with Gasteiger partial charge in [-0.1, -0.05) is 25.5 Å². The van der Waals surface area contributed by atoms with Gasteiger partial charge in [-0.25, -0.2) is 0 Å². The Morgan fingerprint density at radius 1 is 0.909 bits per heavy atom. The van der Waals surface area contributed by atoms with Gasteiger partial charge in [0.1, 0.15) is 6.04 Å². The summed E-state index contributed by atoms with van der Waals surface area (Å²) in [6, 6.07) is 17.6. The Morgan fingerprint density at radius 2 is 1.55 bits per heavy atom. The van der Waals surface area contributed by atoms with Crippen molar-refractivity contribution in [2.24, 2.45) is 0 Å². The number of amides is 2. The Hall–Kier alpha value is -3.54. The van der Waals surface area contributed by atoms with Crippen LogP contribution in [0.4, 0.5) is 0 Å². The number of rotatable bonds is 11. The molecule has 0 aliphatic heterocycles. The van der Waals surface area contributed by atoms with E-state index in [-0.39, 0.29) is 11.8 Å². The second-order valence-corrected chi connectivity index (χ2v) is 8.14. The second kappa shape index (κ2) is 12.5. The highest BCUT2D eigenvalue weighted by atomic mass is 16.2. The largest absolute Gasteiger partial charge is 0.354 e. The van der Waals surface area contributed by atoms with Crippen molar-refractivity contribution < 1.29 is 9.59 Å². The Morgan fingerprint density at radius 3 is 2.06 bits per heavy atom. The first-order valence-corrected chi connectivity index (χ1v) is 11.6. The van der Waals surface area contributed by atoms with Gasteiger partial charge in [-0.15, -0.1) is 0 Å². The van der Waals surface area contributed by atoms with Crippen molar-refractivity contribution in [1.29, 1.82) is 0 Å². The van der Waals surface area contributed by atoms with Gasteiger partial charge < -0.3 is 10.6 Å². The maximum atomic E-state index is 12.5. The highest BCUT2D eigenvalue weighted by Crippen LogP contribution is 2.27. The van der Waals surface area contributed by atoms with Crippen molar-refractivity contribution in [2.45, 2.75) is 52.0 Å². The molecular weight excluding hydrogens is 412 g/mol. The van der Waals surface area contributed by atoms with Crippen LogP contribution in [0.25, 0.3) is 22.5 Å². The average Bonchev–Trinajstić information content (AvgIpc) is 2.84. The topological polar surface area (TPSA) is 84.0 Å². The Kier molecular flexibility index (Phi) is 9.12. The lowest BCUT2D eigenvalue weighted by molar-refractivity contribution is -0.128. The molecule has 6 nitrogen and oxygen atoms in total. The first kappa shape index (κ1) is 24.1. The number of carbonyl (C=O) groups excluding carboxylic acids is 2. The number of nitrogens with zero attached hydrogens (tertiary/aromatic N) is 2. The second-order valence-electron chi connectivity index (χ2n) is 8.14. The standard InChI is InChI=1S/C27H32N4O2/c1-3-4-14-30-27(33)26(31-20(2)32)13-9-10-21-17-22(24-11-5-7-15-28-24)19-23(18-21)25-12-6-8-16-29-25/h5-8,11-12,15-19,26H,3-4,9-10,13-14H2,1-2H3,(H,30,33)(H,31,32)/t26-/m0/s1. The minimum Gasteiger partial charge on any atom is -0.354 e. The van der Waals surface area contributed by atoms with Crippen LogP contribution in [0.1, 0.15) is 45.1 Å². The number of carbonyl (C=O) groups is 2. The van der Waals surface area contributed by atoms with Crippen molar-refractivity contribution in [2.75, 3.05) is 6.54 Å². The van der Waals surface area contributed by atoms with Gasteiger partial charge in [-0.05, 0) is 73.7 Å². The summed E-state index contributed by atoms with van der Waals surface area (Å²) in [6.45, 7) is 4.16. The fraction of sp³-hybridized carbons (Fsp3) is 0.333. The molecule has 2 N–H and O–H groups in total. The van der Waals surface area contributed by atoms with Gasteiger partial charge in [0.25, 0.3) is 0 Å². The molecule has 0 saturated carbocycles. The lowest BCUT2D eigenvalue weighted by atomic mass is 9.97. The predicted octanol–water partition coefficient (Wildman–Crippen LogP) is 4.55. The molecule has 2 aromatic heterocycles. The molecule has 1 aromatic carbocycles. The van der Waals surface area contributed by atoms with Crippen LogP contribution in [0.2, 0.25) is 0 Å². The van der Waals surface area contributed by atoms with E-state index in [4.69, 9.17) is 0 Å². The zero-order chi connectivity index (χ0) is 23.5. The van der Waals surface area contributed by atoms with Crippen molar-refractivity contribution in [3.05, 3.63) is 72.6 Å². The summed E-state index contributed by atoms with van der Waals surface area (Å²) in [4.78, 5) is 33.2. The summed E-state index contributed by atoms with van der Waals surface area (Å²) in [7, 11) is 0. The third-order valence-corrected chi connectivity index (χ3v) is 5.40. The van der Waals surface area contributed by atoms with Crippen LogP contribution in [0.15, 0.2) is 67.0 Å². The fourth-order valence-corrected chi connectivity index (χ4v) is 3.74. The van der Waals surface area contributed by atoms with E-state index in [0.717, 1.165) is 53.8 Å². The van der Waals surface area contributed by atoms with E-state index in [1.165, 1.54) is 6.92 Å². The summed E-state index contributed by atoms with van der Waals surface area (Å²) < 4.78 is 0. The van der Waals surface area contributed by atoms with Gasteiger partial charge in [0.15, 0.2) is 0 Å². The van der Waals surface area contributed by atoms with Crippen LogP contribution in [0, 0.1) is 0 Å². The van der Waals surface area contributed by atoms with Gasteiger partial charge in [-0.3, -0.25) is 19.6 Å². The van der Waals surface area contributed by atoms with Crippen LogP contribution in [-0.2, 0) is 16.0 Å². The maximum Gasteiger partial charge on any atom is 0.242 e. The normalized spacial score (nSPS) is 11.6.